The van der Waals surface area contributed by atoms with Crippen LogP contribution >= 0.6 is 11.8 Å². The minimum Gasteiger partial charge on any atom is -0.383 e. The number of hydrogen-bond acceptors (Lipinski definition) is 3. The maximum absolute atomic E-state index is 12.0. The average Bonchev–Trinajstić information content (AvgIpc) is 2.67. The summed E-state index contributed by atoms with van der Waals surface area (Å²) >= 11 is 1.72. The average molecular weight is 279 g/mol. The van der Waals surface area contributed by atoms with Crippen molar-refractivity contribution in [2.75, 3.05) is 26.0 Å². The molecule has 19 heavy (non-hydrogen) atoms. The monoisotopic (exact) mass is 279 g/mol. The molecule has 104 valence electrons. The van der Waals surface area contributed by atoms with Crippen molar-refractivity contribution in [2.24, 2.45) is 0 Å². The van der Waals surface area contributed by atoms with Crippen molar-refractivity contribution in [3.63, 3.8) is 0 Å². The van der Waals surface area contributed by atoms with E-state index in [0.29, 0.717) is 18.9 Å². The molecule has 0 bridgehead atoms. The molecule has 1 heterocycles. The highest BCUT2D eigenvalue weighted by Gasteiger charge is 2.34. The molecular weight excluding hydrogens is 258 g/mol. The summed E-state index contributed by atoms with van der Waals surface area (Å²) < 4.78 is 5.11. The lowest BCUT2D eigenvalue weighted by Crippen LogP contribution is -2.32. The third-order valence-corrected chi connectivity index (χ3v) is 4.71. The minimum absolute atomic E-state index is 0.142. The Balaban J connectivity index is 2.32. The maximum atomic E-state index is 12.0. The van der Waals surface area contributed by atoms with Crippen LogP contribution in [0.4, 0.5) is 0 Å². The highest BCUT2D eigenvalue weighted by molar-refractivity contribution is 8.00. The first-order chi connectivity index (χ1) is 9.04. The Morgan fingerprint density at radius 1 is 1.32 bits per heavy atom. The van der Waals surface area contributed by atoms with Crippen LogP contribution < -0.4 is 0 Å². The summed E-state index contributed by atoms with van der Waals surface area (Å²) in [5.74, 6) is 0.785. The Morgan fingerprint density at radius 3 is 2.53 bits per heavy atom. The molecule has 0 radical (unpaired) electrons. The van der Waals surface area contributed by atoms with Crippen LogP contribution in [-0.2, 0) is 9.53 Å². The van der Waals surface area contributed by atoms with Gasteiger partial charge in [-0.3, -0.25) is 4.79 Å². The highest BCUT2D eigenvalue weighted by atomic mass is 32.2. The first-order valence-corrected chi connectivity index (χ1v) is 7.57. The van der Waals surface area contributed by atoms with Gasteiger partial charge in [-0.15, -0.1) is 11.8 Å². The van der Waals surface area contributed by atoms with E-state index in [1.165, 1.54) is 22.3 Å². The van der Waals surface area contributed by atoms with Gasteiger partial charge in [0, 0.05) is 13.7 Å². The number of methoxy groups -OCH3 is 1. The molecule has 0 aliphatic carbocycles. The van der Waals surface area contributed by atoms with E-state index >= 15 is 0 Å². The van der Waals surface area contributed by atoms with Crippen LogP contribution in [0.25, 0.3) is 0 Å². The lowest BCUT2D eigenvalue weighted by Gasteiger charge is -2.26. The molecule has 1 aromatic rings. The smallest absolute Gasteiger partial charge is 0.233 e. The zero-order valence-electron chi connectivity index (χ0n) is 12.0. The number of amides is 1. The number of rotatable bonds is 4. The Morgan fingerprint density at radius 2 is 1.95 bits per heavy atom. The van der Waals surface area contributed by atoms with E-state index in [1.807, 2.05) is 4.90 Å². The molecule has 1 saturated heterocycles. The van der Waals surface area contributed by atoms with Crippen molar-refractivity contribution in [1.29, 1.82) is 0 Å². The van der Waals surface area contributed by atoms with Gasteiger partial charge in [0.05, 0.1) is 12.4 Å². The third kappa shape index (κ3) is 2.95. The standard InChI is InChI=1S/C15H21NO2S/c1-10-7-11(2)14(12(3)8-10)15-16(5-6-18-4)13(17)9-19-15/h7-8,15H,5-6,9H2,1-4H3. The lowest BCUT2D eigenvalue weighted by atomic mass is 9.99. The molecule has 1 aliphatic heterocycles. The Labute approximate surface area is 119 Å². The molecule has 0 N–H and O–H groups in total. The maximum Gasteiger partial charge on any atom is 0.233 e. The normalized spacial score (nSPS) is 19.3. The van der Waals surface area contributed by atoms with Crippen LogP contribution in [0.3, 0.4) is 0 Å². The van der Waals surface area contributed by atoms with Gasteiger partial charge in [-0.2, -0.15) is 0 Å². The van der Waals surface area contributed by atoms with Gasteiger partial charge in [-0.1, -0.05) is 17.7 Å². The fourth-order valence-corrected chi connectivity index (χ4v) is 4.11. The van der Waals surface area contributed by atoms with Gasteiger partial charge in [0.15, 0.2) is 0 Å². The summed E-state index contributed by atoms with van der Waals surface area (Å²) in [6.45, 7) is 7.63. The summed E-state index contributed by atoms with van der Waals surface area (Å²) in [6.07, 6.45) is 0. The van der Waals surface area contributed by atoms with Crippen molar-refractivity contribution < 1.29 is 9.53 Å². The van der Waals surface area contributed by atoms with Crippen LogP contribution in [0.1, 0.15) is 27.6 Å². The highest BCUT2D eigenvalue weighted by Crippen LogP contribution is 2.41. The molecule has 0 saturated carbocycles. The van der Waals surface area contributed by atoms with Crippen molar-refractivity contribution in [1.82, 2.24) is 4.90 Å². The van der Waals surface area contributed by atoms with E-state index in [2.05, 4.69) is 32.9 Å². The summed E-state index contributed by atoms with van der Waals surface area (Å²) in [5.41, 5.74) is 5.10. The van der Waals surface area contributed by atoms with Gasteiger partial charge in [-0.05, 0) is 37.5 Å². The van der Waals surface area contributed by atoms with Crippen LogP contribution in [0, 0.1) is 20.8 Å². The molecule has 1 amide bonds. The van der Waals surface area contributed by atoms with Gasteiger partial charge >= 0.3 is 0 Å². The Hall–Kier alpha value is -1.00. The predicted molar refractivity (Wildman–Crippen MR) is 79.4 cm³/mol. The molecule has 1 fully saturated rings. The zero-order valence-corrected chi connectivity index (χ0v) is 12.8. The van der Waals surface area contributed by atoms with Crippen LogP contribution in [0.15, 0.2) is 12.1 Å². The predicted octanol–water partition coefficient (Wildman–Crippen LogP) is 2.83. The molecule has 1 aromatic carbocycles. The van der Waals surface area contributed by atoms with E-state index in [1.54, 1.807) is 18.9 Å². The topological polar surface area (TPSA) is 29.5 Å². The van der Waals surface area contributed by atoms with Crippen molar-refractivity contribution >= 4 is 17.7 Å². The summed E-state index contributed by atoms with van der Waals surface area (Å²) in [4.78, 5) is 13.9. The molecular formula is C15H21NO2S. The number of thioether (sulfide) groups is 1. The Kier molecular flexibility index (Phi) is 4.53. The quantitative estimate of drug-likeness (QED) is 0.849. The van der Waals surface area contributed by atoms with Crippen molar-refractivity contribution in [3.05, 3.63) is 34.4 Å². The number of carbonyl (C=O) groups excluding carboxylic acids is 1. The number of carbonyl (C=O) groups is 1. The SMILES string of the molecule is COCCN1C(=O)CSC1c1c(C)cc(C)cc1C. The fraction of sp³-hybridized carbons (Fsp3) is 0.533. The second kappa shape index (κ2) is 5.97. The van der Waals surface area contributed by atoms with Gasteiger partial charge in [0.25, 0.3) is 0 Å². The van der Waals surface area contributed by atoms with E-state index < -0.39 is 0 Å². The first-order valence-electron chi connectivity index (χ1n) is 6.52. The van der Waals surface area contributed by atoms with E-state index in [4.69, 9.17) is 4.74 Å². The lowest BCUT2D eigenvalue weighted by molar-refractivity contribution is -0.128. The van der Waals surface area contributed by atoms with E-state index in [9.17, 15) is 4.79 Å². The van der Waals surface area contributed by atoms with Gasteiger partial charge in [-0.25, -0.2) is 0 Å². The number of benzene rings is 1. The molecule has 0 spiro atoms. The van der Waals surface area contributed by atoms with Crippen LogP contribution in [0.2, 0.25) is 0 Å². The largest absolute Gasteiger partial charge is 0.383 e. The van der Waals surface area contributed by atoms with E-state index in [-0.39, 0.29) is 11.3 Å². The Bertz CT molecular complexity index is 464. The minimum atomic E-state index is 0.142. The number of hydrogen-bond donors (Lipinski definition) is 0. The molecule has 0 aromatic heterocycles. The van der Waals surface area contributed by atoms with Gasteiger partial charge < -0.3 is 9.64 Å². The van der Waals surface area contributed by atoms with Crippen LogP contribution in [-0.4, -0.2) is 36.8 Å². The second-order valence-electron chi connectivity index (χ2n) is 5.06. The fourth-order valence-electron chi connectivity index (χ4n) is 2.71. The van der Waals surface area contributed by atoms with Crippen LogP contribution in [0.5, 0.6) is 0 Å². The van der Waals surface area contributed by atoms with Crippen molar-refractivity contribution in [2.45, 2.75) is 26.1 Å². The van der Waals surface area contributed by atoms with Crippen molar-refractivity contribution in [3.8, 4) is 0 Å². The van der Waals surface area contributed by atoms with Gasteiger partial charge in [0.1, 0.15) is 5.37 Å². The number of nitrogens with zero attached hydrogens (tertiary/aromatic N) is 1. The summed E-state index contributed by atoms with van der Waals surface area (Å²) in [5, 5.41) is 0.142. The molecule has 1 atom stereocenters. The third-order valence-electron chi connectivity index (χ3n) is 3.49. The summed E-state index contributed by atoms with van der Waals surface area (Å²) in [7, 11) is 1.67. The number of aryl methyl sites for hydroxylation is 3. The summed E-state index contributed by atoms with van der Waals surface area (Å²) in [6, 6.07) is 4.39. The molecule has 4 heteroatoms. The molecule has 1 aliphatic rings. The zero-order chi connectivity index (χ0) is 14.0. The van der Waals surface area contributed by atoms with Gasteiger partial charge in [0.2, 0.25) is 5.91 Å². The van der Waals surface area contributed by atoms with E-state index in [0.717, 1.165) is 0 Å². The molecule has 3 nitrogen and oxygen atoms in total. The number of ether oxygens (including phenoxy) is 1. The second-order valence-corrected chi connectivity index (χ2v) is 6.12. The molecule has 1 unspecified atom stereocenters. The molecule has 2 rings (SSSR count). The first kappa shape index (κ1) is 14.4.